The number of Topliss-reactive ketones (excluding diaryl/α,β-unsaturated/α-hetero) is 1. The number of rotatable bonds is 7. The van der Waals surface area contributed by atoms with Crippen molar-refractivity contribution in [2.75, 3.05) is 19.6 Å². The number of carbonyl (C=O) groups excluding carboxylic acids is 3. The number of benzene rings is 1. The topological polar surface area (TPSA) is 77.9 Å². The van der Waals surface area contributed by atoms with Crippen LogP contribution >= 0.6 is 24.4 Å². The summed E-state index contributed by atoms with van der Waals surface area (Å²) in [7, 11) is 0. The average molecular weight is 447 g/mol. The lowest BCUT2D eigenvalue weighted by molar-refractivity contribution is -0.154. The summed E-state index contributed by atoms with van der Waals surface area (Å²) >= 11 is 5.54. The van der Waals surface area contributed by atoms with Crippen LogP contribution in [0, 0.1) is 18.8 Å². The quantitative estimate of drug-likeness (QED) is 0.381. The average Bonchev–Trinajstić information content (AvgIpc) is 3.30. The molecule has 1 unspecified atom stereocenters. The highest BCUT2D eigenvalue weighted by atomic mass is 32.2. The SMILES string of the molecule is CC[C@H](O)[C@@H]1C(=O)N2C(C(=O)S)=C(C3CCN(CC(=O)c4ccc(C)cc4)C3)S[C@H]12. The van der Waals surface area contributed by atoms with Crippen molar-refractivity contribution in [2.45, 2.75) is 38.2 Å². The molecule has 30 heavy (non-hydrogen) atoms. The van der Waals surface area contributed by atoms with E-state index in [9.17, 15) is 19.5 Å². The van der Waals surface area contributed by atoms with Crippen LogP contribution in [0.2, 0.25) is 0 Å². The normalized spacial score (nSPS) is 27.3. The molecule has 1 aromatic carbocycles. The zero-order valence-electron chi connectivity index (χ0n) is 17.1. The lowest BCUT2D eigenvalue weighted by Crippen LogP contribution is -2.61. The Kier molecular flexibility index (Phi) is 6.12. The van der Waals surface area contributed by atoms with Crippen molar-refractivity contribution in [1.29, 1.82) is 0 Å². The molecule has 1 aromatic rings. The van der Waals surface area contributed by atoms with Gasteiger partial charge in [-0.25, -0.2) is 0 Å². The van der Waals surface area contributed by atoms with Gasteiger partial charge in [-0.2, -0.15) is 0 Å². The number of β-lactam (4-membered cyclic amide) rings is 1. The van der Waals surface area contributed by atoms with E-state index in [4.69, 9.17) is 0 Å². The minimum Gasteiger partial charge on any atom is -0.392 e. The lowest BCUT2D eigenvalue weighted by atomic mass is 9.89. The maximum Gasteiger partial charge on any atom is 0.236 e. The fourth-order valence-corrected chi connectivity index (χ4v) is 6.50. The number of thioether (sulfide) groups is 1. The number of amides is 1. The molecule has 3 aliphatic rings. The third-order valence-corrected chi connectivity index (χ3v) is 7.96. The molecule has 0 aromatic heterocycles. The van der Waals surface area contributed by atoms with Gasteiger partial charge < -0.3 is 5.11 Å². The first-order chi connectivity index (χ1) is 14.3. The summed E-state index contributed by atoms with van der Waals surface area (Å²) in [6.07, 6.45) is 0.622. The van der Waals surface area contributed by atoms with E-state index in [2.05, 4.69) is 17.5 Å². The molecular formula is C22H26N2O4S2. The number of aryl methyl sites for hydroxylation is 1. The van der Waals surface area contributed by atoms with Crippen LogP contribution in [0.15, 0.2) is 34.9 Å². The Morgan fingerprint density at radius 3 is 2.63 bits per heavy atom. The molecule has 3 heterocycles. The van der Waals surface area contributed by atoms with Crippen LogP contribution < -0.4 is 0 Å². The molecular weight excluding hydrogens is 420 g/mol. The highest BCUT2D eigenvalue weighted by Gasteiger charge is 2.58. The third-order valence-electron chi connectivity index (χ3n) is 6.23. The van der Waals surface area contributed by atoms with E-state index in [1.54, 1.807) is 0 Å². The van der Waals surface area contributed by atoms with Gasteiger partial charge in [-0.15, -0.1) is 11.8 Å². The summed E-state index contributed by atoms with van der Waals surface area (Å²) in [5, 5.41) is 9.57. The fourth-order valence-electron chi connectivity index (χ4n) is 4.49. The number of aliphatic hydroxyl groups excluding tert-OH is 1. The molecule has 8 heteroatoms. The minimum absolute atomic E-state index is 0.0827. The third kappa shape index (κ3) is 3.75. The van der Waals surface area contributed by atoms with E-state index in [1.165, 1.54) is 16.7 Å². The molecule has 4 atom stereocenters. The van der Waals surface area contributed by atoms with Gasteiger partial charge in [0, 0.05) is 22.9 Å². The second-order valence-electron chi connectivity index (χ2n) is 8.25. The zero-order valence-corrected chi connectivity index (χ0v) is 18.8. The van der Waals surface area contributed by atoms with E-state index in [0.717, 1.165) is 23.4 Å². The van der Waals surface area contributed by atoms with Crippen molar-refractivity contribution >= 4 is 41.2 Å². The van der Waals surface area contributed by atoms with E-state index < -0.39 is 17.1 Å². The fraction of sp³-hybridized carbons (Fsp3) is 0.500. The standard InChI is InChI=1S/C22H26N2O4S2/c1-3-15(25)17-20(27)24-18(22(28)29)19(30-21(17)24)14-8-9-23(10-14)11-16(26)13-6-4-12(2)5-7-13/h4-7,14-15,17,21,25H,3,8-11H2,1-2H3,(H,28,29)/t14?,15-,17+,21+/m0/s1. The van der Waals surface area contributed by atoms with Gasteiger partial charge in [0.25, 0.3) is 0 Å². The van der Waals surface area contributed by atoms with Crippen molar-refractivity contribution in [3.63, 3.8) is 0 Å². The number of carbonyl (C=O) groups is 3. The number of aliphatic hydroxyl groups is 1. The smallest absolute Gasteiger partial charge is 0.236 e. The number of nitrogens with zero attached hydrogens (tertiary/aromatic N) is 2. The molecule has 2 fully saturated rings. The van der Waals surface area contributed by atoms with Crippen molar-refractivity contribution in [2.24, 2.45) is 11.8 Å². The number of likely N-dealkylation sites (tertiary alicyclic amines) is 1. The van der Waals surface area contributed by atoms with Crippen LogP contribution in [-0.2, 0) is 9.59 Å². The number of hydrogen-bond acceptors (Lipinski definition) is 6. The van der Waals surface area contributed by atoms with E-state index in [-0.39, 0.29) is 23.0 Å². The summed E-state index contributed by atoms with van der Waals surface area (Å²) in [6, 6.07) is 7.59. The van der Waals surface area contributed by atoms with Gasteiger partial charge in [0.15, 0.2) is 5.78 Å². The summed E-state index contributed by atoms with van der Waals surface area (Å²) in [5.41, 5.74) is 2.19. The Labute approximate surface area is 186 Å². The Morgan fingerprint density at radius 1 is 1.30 bits per heavy atom. The first kappa shape index (κ1) is 21.6. The predicted molar refractivity (Wildman–Crippen MR) is 119 cm³/mol. The molecule has 0 bridgehead atoms. The zero-order chi connectivity index (χ0) is 21.6. The molecule has 160 valence electrons. The summed E-state index contributed by atoms with van der Waals surface area (Å²) in [6.45, 7) is 5.61. The summed E-state index contributed by atoms with van der Waals surface area (Å²) in [5.74, 6) is -0.497. The van der Waals surface area contributed by atoms with E-state index in [0.29, 0.717) is 30.8 Å². The second kappa shape index (κ2) is 8.49. The van der Waals surface area contributed by atoms with Crippen LogP contribution in [0.1, 0.15) is 35.7 Å². The molecule has 0 spiro atoms. The van der Waals surface area contributed by atoms with Gasteiger partial charge in [0.05, 0.1) is 18.6 Å². The Balaban J connectivity index is 1.45. The number of hydrogen-bond donors (Lipinski definition) is 2. The van der Waals surface area contributed by atoms with E-state index >= 15 is 0 Å². The number of thiol groups is 1. The maximum absolute atomic E-state index is 12.6. The van der Waals surface area contributed by atoms with Crippen molar-refractivity contribution in [1.82, 2.24) is 9.80 Å². The molecule has 3 aliphatic heterocycles. The van der Waals surface area contributed by atoms with Crippen LogP contribution in [0.3, 0.4) is 0 Å². The van der Waals surface area contributed by atoms with Gasteiger partial charge in [-0.05, 0) is 26.3 Å². The molecule has 1 N–H and O–H groups in total. The van der Waals surface area contributed by atoms with Crippen LogP contribution in [0.5, 0.6) is 0 Å². The van der Waals surface area contributed by atoms with Crippen LogP contribution in [0.25, 0.3) is 0 Å². The minimum atomic E-state index is -0.700. The molecule has 0 aliphatic carbocycles. The highest BCUT2D eigenvalue weighted by molar-refractivity contribution is 8.04. The summed E-state index contributed by atoms with van der Waals surface area (Å²) in [4.78, 5) is 41.9. The Morgan fingerprint density at radius 2 is 2.00 bits per heavy atom. The Bertz CT molecular complexity index is 914. The second-order valence-corrected chi connectivity index (χ2v) is 9.81. The lowest BCUT2D eigenvalue weighted by Gasteiger charge is -2.44. The van der Waals surface area contributed by atoms with Gasteiger partial charge in [-0.1, -0.05) is 49.4 Å². The molecule has 4 rings (SSSR count). The monoisotopic (exact) mass is 446 g/mol. The summed E-state index contributed by atoms with van der Waals surface area (Å²) < 4.78 is 0. The van der Waals surface area contributed by atoms with Crippen molar-refractivity contribution in [3.8, 4) is 0 Å². The number of ketones is 1. The van der Waals surface area contributed by atoms with Crippen LogP contribution in [0.4, 0.5) is 0 Å². The van der Waals surface area contributed by atoms with E-state index in [1.807, 2.05) is 38.1 Å². The van der Waals surface area contributed by atoms with Gasteiger partial charge in [0.1, 0.15) is 11.1 Å². The molecule has 6 nitrogen and oxygen atoms in total. The first-order valence-corrected chi connectivity index (χ1v) is 11.6. The van der Waals surface area contributed by atoms with Crippen molar-refractivity contribution in [3.05, 3.63) is 46.0 Å². The maximum atomic E-state index is 12.6. The van der Waals surface area contributed by atoms with Crippen molar-refractivity contribution < 1.29 is 19.5 Å². The van der Waals surface area contributed by atoms with Gasteiger partial charge >= 0.3 is 0 Å². The molecule has 2 saturated heterocycles. The van der Waals surface area contributed by atoms with Crippen LogP contribution in [-0.4, -0.2) is 62.8 Å². The largest absolute Gasteiger partial charge is 0.392 e. The molecule has 0 saturated carbocycles. The predicted octanol–water partition coefficient (Wildman–Crippen LogP) is 2.47. The number of fused-ring (bicyclic) bond motifs is 1. The molecule has 1 amide bonds. The first-order valence-electron chi connectivity index (χ1n) is 10.3. The van der Waals surface area contributed by atoms with Gasteiger partial charge in [-0.3, -0.25) is 24.2 Å². The van der Waals surface area contributed by atoms with Gasteiger partial charge in [0.2, 0.25) is 11.0 Å². The highest BCUT2D eigenvalue weighted by Crippen LogP contribution is 2.54. The Hall–Kier alpha value is -1.61. The molecule has 0 radical (unpaired) electrons.